The highest BCUT2D eigenvalue weighted by Crippen LogP contribution is 2.43. The van der Waals surface area contributed by atoms with Gasteiger partial charge < -0.3 is 9.64 Å². The molecule has 1 amide bonds. The highest BCUT2D eigenvalue weighted by molar-refractivity contribution is 6.17. The van der Waals surface area contributed by atoms with Gasteiger partial charge in [0, 0.05) is 26.4 Å². The number of alkyl halides is 1. The molecule has 28 heavy (non-hydrogen) atoms. The number of nitrogens with zero attached hydrogens (tertiary/aromatic N) is 1. The van der Waals surface area contributed by atoms with Crippen molar-refractivity contribution >= 4 is 23.5 Å². The van der Waals surface area contributed by atoms with Gasteiger partial charge >= 0.3 is 5.97 Å². The van der Waals surface area contributed by atoms with Crippen LogP contribution in [0.15, 0.2) is 22.3 Å². The molecule has 0 bridgehead atoms. The molecule has 0 fully saturated rings. The van der Waals surface area contributed by atoms with Gasteiger partial charge in [-0.2, -0.15) is 0 Å². The van der Waals surface area contributed by atoms with Crippen LogP contribution in [0.25, 0.3) is 0 Å². The van der Waals surface area contributed by atoms with Crippen LogP contribution in [0.4, 0.5) is 0 Å². The van der Waals surface area contributed by atoms with Crippen LogP contribution in [0.5, 0.6) is 0 Å². The Kier molecular flexibility index (Phi) is 9.99. The molecule has 0 radical (unpaired) electrons. The summed E-state index contributed by atoms with van der Waals surface area (Å²) in [6.07, 6.45) is 1.09. The molecule has 0 heterocycles. The van der Waals surface area contributed by atoms with E-state index in [1.54, 1.807) is 19.0 Å². The molecule has 0 aromatic heterocycles. The van der Waals surface area contributed by atoms with Gasteiger partial charge in [-0.15, -0.1) is 11.6 Å². The number of hydrogen-bond acceptors (Lipinski definition) is 3. The van der Waals surface area contributed by atoms with Gasteiger partial charge in [0.25, 0.3) is 0 Å². The van der Waals surface area contributed by atoms with Crippen molar-refractivity contribution < 1.29 is 14.3 Å². The number of hydrogen-bond donors (Lipinski definition) is 0. The zero-order valence-corrected chi connectivity index (χ0v) is 20.5. The first-order valence-corrected chi connectivity index (χ1v) is 10.6. The molecule has 1 atom stereocenters. The first-order valence-electron chi connectivity index (χ1n) is 10.0. The van der Waals surface area contributed by atoms with E-state index in [0.29, 0.717) is 12.8 Å². The molecule has 0 N–H and O–H groups in total. The third-order valence-corrected chi connectivity index (χ3v) is 6.43. The second-order valence-electron chi connectivity index (χ2n) is 8.72. The second kappa shape index (κ2) is 10.5. The second-order valence-corrected chi connectivity index (χ2v) is 9.25. The van der Waals surface area contributed by atoms with Crippen LogP contribution in [0.3, 0.4) is 0 Å². The topological polar surface area (TPSA) is 46.6 Å². The van der Waals surface area contributed by atoms with Crippen molar-refractivity contribution in [3.05, 3.63) is 22.3 Å². The third-order valence-electron chi connectivity index (χ3n) is 6.43. The van der Waals surface area contributed by atoms with E-state index in [9.17, 15) is 9.59 Å². The Hall–Kier alpha value is -1.29. The highest BCUT2D eigenvalue weighted by Gasteiger charge is 2.42. The summed E-state index contributed by atoms with van der Waals surface area (Å²) in [4.78, 5) is 26.3. The summed E-state index contributed by atoms with van der Waals surface area (Å²) in [6.45, 7) is 18.1. The standard InChI is InChI=1S/C21H35NO3.C2H5Cl/c1-13-14(2)16(4)21(8,15(13)3)25-19(24)17(5)20(6,7)12-11-18(23)22(9)10;1-2-3/h17H,11-12H2,1-10H3;2H2,1H3. The summed E-state index contributed by atoms with van der Waals surface area (Å²) in [5.74, 6) is 0.312. The maximum Gasteiger partial charge on any atom is 0.310 e. The van der Waals surface area contributed by atoms with Gasteiger partial charge in [0.15, 0.2) is 5.60 Å². The zero-order chi connectivity index (χ0) is 22.4. The average Bonchev–Trinajstić information content (AvgIpc) is 2.75. The van der Waals surface area contributed by atoms with E-state index in [0.717, 1.165) is 17.0 Å². The molecule has 1 unspecified atom stereocenters. The van der Waals surface area contributed by atoms with E-state index in [1.165, 1.54) is 11.1 Å². The minimum atomic E-state index is -0.658. The number of rotatable bonds is 6. The molecule has 1 rings (SSSR count). The fourth-order valence-electron chi connectivity index (χ4n) is 3.19. The van der Waals surface area contributed by atoms with Gasteiger partial charge in [-0.25, -0.2) is 0 Å². The molecular weight excluding hydrogens is 374 g/mol. The van der Waals surface area contributed by atoms with E-state index in [4.69, 9.17) is 16.3 Å². The van der Waals surface area contributed by atoms with Gasteiger partial charge in [0.05, 0.1) is 5.92 Å². The fraction of sp³-hybridized carbons (Fsp3) is 0.739. The average molecular weight is 414 g/mol. The minimum Gasteiger partial charge on any atom is -0.450 e. The Morgan fingerprint density at radius 1 is 1.11 bits per heavy atom. The minimum absolute atomic E-state index is 0.0835. The van der Waals surface area contributed by atoms with Crippen LogP contribution < -0.4 is 0 Å². The van der Waals surface area contributed by atoms with Crippen molar-refractivity contribution in [3.63, 3.8) is 0 Å². The van der Waals surface area contributed by atoms with Gasteiger partial charge in [-0.3, -0.25) is 9.59 Å². The Labute approximate surface area is 177 Å². The SMILES string of the molecule is CC1=C(C)C(C)(OC(=O)C(C)C(C)(C)CCC(=O)N(C)C)C(C)=C1C.CCCl. The number of esters is 1. The van der Waals surface area contributed by atoms with Gasteiger partial charge in [-0.05, 0) is 68.7 Å². The molecule has 0 aromatic rings. The van der Waals surface area contributed by atoms with Gasteiger partial charge in [0.2, 0.25) is 5.91 Å². The first-order chi connectivity index (χ1) is 12.7. The van der Waals surface area contributed by atoms with E-state index in [2.05, 4.69) is 13.8 Å². The largest absolute Gasteiger partial charge is 0.450 e. The normalized spacial score (nSPS) is 17.1. The lowest BCUT2D eigenvalue weighted by atomic mass is 9.76. The zero-order valence-electron chi connectivity index (χ0n) is 19.7. The quantitative estimate of drug-likeness (QED) is 0.411. The van der Waals surface area contributed by atoms with Gasteiger partial charge in [-0.1, -0.05) is 27.7 Å². The molecule has 5 heteroatoms. The van der Waals surface area contributed by atoms with Crippen molar-refractivity contribution in [3.8, 4) is 0 Å². The Bertz CT molecular complexity index is 620. The number of ether oxygens (including phenoxy) is 1. The summed E-state index contributed by atoms with van der Waals surface area (Å²) in [7, 11) is 3.51. The molecule has 0 saturated carbocycles. The third kappa shape index (κ3) is 6.10. The number of carbonyl (C=O) groups is 2. The Morgan fingerprint density at radius 3 is 1.86 bits per heavy atom. The van der Waals surface area contributed by atoms with Crippen LogP contribution in [0.2, 0.25) is 0 Å². The lowest BCUT2D eigenvalue weighted by Gasteiger charge is -2.35. The molecular formula is C23H40ClNO3. The maximum absolute atomic E-state index is 12.9. The van der Waals surface area contributed by atoms with Crippen LogP contribution in [0.1, 0.15) is 75.2 Å². The fourth-order valence-corrected chi connectivity index (χ4v) is 3.19. The van der Waals surface area contributed by atoms with Crippen molar-refractivity contribution in [1.29, 1.82) is 0 Å². The van der Waals surface area contributed by atoms with Crippen LogP contribution >= 0.6 is 11.6 Å². The lowest BCUT2D eigenvalue weighted by Crippen LogP contribution is -2.39. The smallest absolute Gasteiger partial charge is 0.310 e. The van der Waals surface area contributed by atoms with Crippen LogP contribution in [-0.4, -0.2) is 42.4 Å². The van der Waals surface area contributed by atoms with Crippen molar-refractivity contribution in [2.45, 2.75) is 80.8 Å². The van der Waals surface area contributed by atoms with Crippen LogP contribution in [-0.2, 0) is 14.3 Å². The van der Waals surface area contributed by atoms with Crippen molar-refractivity contribution in [1.82, 2.24) is 4.90 Å². The number of carbonyl (C=O) groups excluding carboxylic acids is 2. The molecule has 0 saturated heterocycles. The molecule has 0 aromatic carbocycles. The monoisotopic (exact) mass is 413 g/mol. The van der Waals surface area contributed by atoms with Crippen molar-refractivity contribution in [2.75, 3.05) is 20.0 Å². The molecule has 4 nitrogen and oxygen atoms in total. The summed E-state index contributed by atoms with van der Waals surface area (Å²) >= 11 is 5.00. The summed E-state index contributed by atoms with van der Waals surface area (Å²) in [6, 6.07) is 0. The summed E-state index contributed by atoms with van der Waals surface area (Å²) < 4.78 is 6.02. The predicted octanol–water partition coefficient (Wildman–Crippen LogP) is 5.75. The molecule has 0 aliphatic heterocycles. The van der Waals surface area contributed by atoms with Crippen molar-refractivity contribution in [2.24, 2.45) is 11.3 Å². The summed E-state index contributed by atoms with van der Waals surface area (Å²) in [5.41, 5.74) is 3.64. The predicted molar refractivity (Wildman–Crippen MR) is 119 cm³/mol. The molecule has 1 aliphatic rings. The number of allylic oxidation sites excluding steroid dienone is 2. The number of amides is 1. The number of halogens is 1. The van der Waals surface area contributed by atoms with E-state index in [1.807, 2.05) is 48.5 Å². The van der Waals surface area contributed by atoms with Gasteiger partial charge in [0.1, 0.15) is 0 Å². The molecule has 162 valence electrons. The maximum atomic E-state index is 12.9. The summed E-state index contributed by atoms with van der Waals surface area (Å²) in [5, 5.41) is 0. The first kappa shape index (κ1) is 26.7. The molecule has 1 aliphatic carbocycles. The molecule has 0 spiro atoms. The van der Waals surface area contributed by atoms with E-state index >= 15 is 0 Å². The lowest BCUT2D eigenvalue weighted by molar-refractivity contribution is -0.161. The highest BCUT2D eigenvalue weighted by atomic mass is 35.5. The van der Waals surface area contributed by atoms with Crippen LogP contribution in [0, 0.1) is 11.3 Å². The van der Waals surface area contributed by atoms with E-state index < -0.39 is 5.60 Å². The Balaban J connectivity index is 0.00000227. The Morgan fingerprint density at radius 2 is 1.50 bits per heavy atom. The van der Waals surface area contributed by atoms with E-state index in [-0.39, 0.29) is 23.2 Å².